The zero-order valence-corrected chi connectivity index (χ0v) is 10.8. The molecule has 0 saturated carbocycles. The largest absolute Gasteiger partial charge is 0.369 e. The lowest BCUT2D eigenvalue weighted by atomic mass is 10.3. The van der Waals surface area contributed by atoms with E-state index < -0.39 is 0 Å². The van der Waals surface area contributed by atoms with Crippen LogP contribution in [0.25, 0.3) is 16.9 Å². The number of hydrogen-bond donors (Lipinski definition) is 3. The van der Waals surface area contributed by atoms with E-state index in [1.165, 1.54) is 6.33 Å². The van der Waals surface area contributed by atoms with E-state index in [0.717, 1.165) is 11.0 Å². The summed E-state index contributed by atoms with van der Waals surface area (Å²) in [5.74, 6) is 1.78. The van der Waals surface area contributed by atoms with Gasteiger partial charge in [0.2, 0.25) is 5.95 Å². The van der Waals surface area contributed by atoms with Crippen LogP contribution in [0.1, 0.15) is 0 Å². The molecule has 0 fully saturated rings. The predicted octanol–water partition coefficient (Wildman–Crippen LogP) is 0.768. The molecule has 0 saturated heterocycles. The quantitative estimate of drug-likeness (QED) is 0.645. The normalized spacial score (nSPS) is 10.8. The highest BCUT2D eigenvalue weighted by molar-refractivity contribution is 5.80. The van der Waals surface area contributed by atoms with E-state index in [1.807, 2.05) is 30.3 Å². The molecule has 0 spiro atoms. The van der Waals surface area contributed by atoms with Crippen LogP contribution in [0.2, 0.25) is 0 Å². The standard InChI is InChI=1S/C13H15N7/c14-5-6-16-11-7-12(18-8-17-11)20-10-4-2-1-3-9(10)19-13(20)15/h1-4,7-8H,5-6,14H2,(H2,15,19)(H,16,17,18). The minimum absolute atomic E-state index is 0.398. The first kappa shape index (κ1) is 12.4. The highest BCUT2D eigenvalue weighted by Gasteiger charge is 2.11. The van der Waals surface area contributed by atoms with E-state index in [4.69, 9.17) is 11.5 Å². The molecule has 1 aromatic carbocycles. The number of fused-ring (bicyclic) bond motifs is 1. The zero-order chi connectivity index (χ0) is 13.9. The Balaban J connectivity index is 2.08. The number of imidazole rings is 1. The smallest absolute Gasteiger partial charge is 0.207 e. The maximum Gasteiger partial charge on any atom is 0.207 e. The second kappa shape index (κ2) is 5.14. The van der Waals surface area contributed by atoms with Gasteiger partial charge in [-0.15, -0.1) is 0 Å². The van der Waals surface area contributed by atoms with Crippen LogP contribution < -0.4 is 16.8 Å². The van der Waals surface area contributed by atoms with Crippen molar-refractivity contribution in [1.29, 1.82) is 0 Å². The lowest BCUT2D eigenvalue weighted by Gasteiger charge is -2.08. The molecule has 20 heavy (non-hydrogen) atoms. The Hall–Kier alpha value is -2.67. The lowest BCUT2D eigenvalue weighted by Crippen LogP contribution is -2.14. The van der Waals surface area contributed by atoms with E-state index in [2.05, 4.69) is 20.3 Å². The SMILES string of the molecule is NCCNc1cc(-n2c(N)nc3ccccc32)ncn1. The highest BCUT2D eigenvalue weighted by atomic mass is 15.2. The minimum Gasteiger partial charge on any atom is -0.369 e. The van der Waals surface area contributed by atoms with E-state index in [-0.39, 0.29) is 0 Å². The van der Waals surface area contributed by atoms with E-state index in [9.17, 15) is 0 Å². The van der Waals surface area contributed by atoms with Gasteiger partial charge in [-0.25, -0.2) is 15.0 Å². The molecule has 7 heteroatoms. The van der Waals surface area contributed by atoms with Gasteiger partial charge in [-0.2, -0.15) is 0 Å². The Kier molecular flexibility index (Phi) is 3.18. The van der Waals surface area contributed by atoms with Gasteiger partial charge in [0.15, 0.2) is 0 Å². The molecular formula is C13H15N7. The molecule has 3 aromatic rings. The maximum absolute atomic E-state index is 5.99. The van der Waals surface area contributed by atoms with Gasteiger partial charge in [-0.1, -0.05) is 12.1 Å². The van der Waals surface area contributed by atoms with Gasteiger partial charge in [-0.05, 0) is 12.1 Å². The number of aromatic nitrogens is 4. The van der Waals surface area contributed by atoms with Crippen LogP contribution in [-0.4, -0.2) is 32.6 Å². The van der Waals surface area contributed by atoms with Crippen LogP contribution in [0.15, 0.2) is 36.7 Å². The molecule has 2 aromatic heterocycles. The predicted molar refractivity (Wildman–Crippen MR) is 78.6 cm³/mol. The maximum atomic E-state index is 5.99. The zero-order valence-electron chi connectivity index (χ0n) is 10.8. The number of nitrogens with one attached hydrogen (secondary N) is 1. The van der Waals surface area contributed by atoms with Crippen molar-refractivity contribution < 1.29 is 0 Å². The Morgan fingerprint density at radius 3 is 2.90 bits per heavy atom. The third-order valence-electron chi connectivity index (χ3n) is 2.92. The van der Waals surface area contributed by atoms with Crippen LogP contribution in [0.5, 0.6) is 0 Å². The molecule has 102 valence electrons. The molecule has 0 radical (unpaired) electrons. The van der Waals surface area contributed by atoms with Gasteiger partial charge in [0.25, 0.3) is 0 Å². The number of nitrogen functional groups attached to an aromatic ring is 1. The average Bonchev–Trinajstić information content (AvgIpc) is 2.81. The second-order valence-electron chi connectivity index (χ2n) is 4.27. The first-order valence-electron chi connectivity index (χ1n) is 6.29. The molecule has 0 unspecified atom stereocenters. The Morgan fingerprint density at radius 1 is 1.20 bits per heavy atom. The molecule has 5 N–H and O–H groups in total. The number of hydrogen-bond acceptors (Lipinski definition) is 6. The summed E-state index contributed by atoms with van der Waals surface area (Å²) in [6, 6.07) is 9.55. The first-order chi connectivity index (χ1) is 9.79. The van der Waals surface area contributed by atoms with Crippen molar-refractivity contribution in [3.63, 3.8) is 0 Å². The lowest BCUT2D eigenvalue weighted by molar-refractivity contribution is 0.978. The van der Waals surface area contributed by atoms with Gasteiger partial charge in [0.05, 0.1) is 11.0 Å². The first-order valence-corrected chi connectivity index (χ1v) is 6.29. The van der Waals surface area contributed by atoms with Crippen molar-refractivity contribution in [3.05, 3.63) is 36.7 Å². The Morgan fingerprint density at radius 2 is 2.05 bits per heavy atom. The van der Waals surface area contributed by atoms with Crippen LogP contribution in [-0.2, 0) is 0 Å². The number of anilines is 2. The van der Waals surface area contributed by atoms with Crippen LogP contribution in [0.4, 0.5) is 11.8 Å². The monoisotopic (exact) mass is 269 g/mol. The van der Waals surface area contributed by atoms with Gasteiger partial charge in [-0.3, -0.25) is 4.57 Å². The number of para-hydroxylation sites is 2. The van der Waals surface area contributed by atoms with E-state index >= 15 is 0 Å². The highest BCUT2D eigenvalue weighted by Crippen LogP contribution is 2.22. The molecule has 0 aliphatic carbocycles. The molecule has 0 atom stereocenters. The number of nitrogens with zero attached hydrogens (tertiary/aromatic N) is 4. The van der Waals surface area contributed by atoms with Gasteiger partial charge in [0.1, 0.15) is 18.0 Å². The van der Waals surface area contributed by atoms with Gasteiger partial charge < -0.3 is 16.8 Å². The van der Waals surface area contributed by atoms with Gasteiger partial charge in [0, 0.05) is 19.2 Å². The van der Waals surface area contributed by atoms with Crippen LogP contribution in [0.3, 0.4) is 0 Å². The third-order valence-corrected chi connectivity index (χ3v) is 2.92. The molecule has 2 heterocycles. The molecule has 3 rings (SSSR count). The fourth-order valence-electron chi connectivity index (χ4n) is 2.05. The third kappa shape index (κ3) is 2.14. The summed E-state index contributed by atoms with van der Waals surface area (Å²) in [4.78, 5) is 12.7. The summed E-state index contributed by atoms with van der Waals surface area (Å²) in [7, 11) is 0. The molecule has 0 amide bonds. The van der Waals surface area contributed by atoms with Crippen molar-refractivity contribution in [2.75, 3.05) is 24.1 Å². The van der Waals surface area contributed by atoms with Crippen LogP contribution in [0, 0.1) is 0 Å². The summed E-state index contributed by atoms with van der Waals surface area (Å²) in [5, 5.41) is 3.11. The second-order valence-corrected chi connectivity index (χ2v) is 4.27. The Bertz CT molecular complexity index is 734. The summed E-state index contributed by atoms with van der Waals surface area (Å²) in [5.41, 5.74) is 13.2. The number of benzene rings is 1. The van der Waals surface area contributed by atoms with E-state index in [1.54, 1.807) is 4.57 Å². The van der Waals surface area contributed by atoms with Gasteiger partial charge >= 0.3 is 0 Å². The van der Waals surface area contributed by atoms with Crippen molar-refractivity contribution in [3.8, 4) is 5.82 Å². The van der Waals surface area contributed by atoms with Crippen molar-refractivity contribution in [2.45, 2.75) is 0 Å². The summed E-state index contributed by atoms with van der Waals surface area (Å²) in [6.07, 6.45) is 1.49. The molecular weight excluding hydrogens is 254 g/mol. The fraction of sp³-hybridized carbons (Fsp3) is 0.154. The molecule has 0 aliphatic heterocycles. The Labute approximate surface area is 115 Å². The summed E-state index contributed by atoms with van der Waals surface area (Å²) >= 11 is 0. The summed E-state index contributed by atoms with van der Waals surface area (Å²) in [6.45, 7) is 1.19. The van der Waals surface area contributed by atoms with Crippen LogP contribution >= 0.6 is 0 Å². The van der Waals surface area contributed by atoms with Crippen molar-refractivity contribution >= 4 is 22.8 Å². The average molecular weight is 269 g/mol. The number of rotatable bonds is 4. The summed E-state index contributed by atoms with van der Waals surface area (Å²) < 4.78 is 1.80. The molecule has 7 nitrogen and oxygen atoms in total. The van der Waals surface area contributed by atoms with Crippen molar-refractivity contribution in [1.82, 2.24) is 19.5 Å². The minimum atomic E-state index is 0.398. The molecule has 0 aliphatic rings. The van der Waals surface area contributed by atoms with E-state index in [0.29, 0.717) is 30.7 Å². The van der Waals surface area contributed by atoms with Crippen molar-refractivity contribution in [2.24, 2.45) is 5.73 Å². The fourth-order valence-corrected chi connectivity index (χ4v) is 2.05. The molecule has 0 bridgehead atoms. The number of nitrogens with two attached hydrogens (primary N) is 2. The topological polar surface area (TPSA) is 108 Å².